The van der Waals surface area contributed by atoms with Crippen LogP contribution in [0.2, 0.25) is 0 Å². The molecule has 3 rings (SSSR count). The highest BCUT2D eigenvalue weighted by molar-refractivity contribution is 9.10. The van der Waals surface area contributed by atoms with Crippen molar-refractivity contribution in [3.63, 3.8) is 0 Å². The Morgan fingerprint density at radius 1 is 0.950 bits per heavy atom. The van der Waals surface area contributed by atoms with Gasteiger partial charge in [-0.05, 0) is 45.6 Å². The Labute approximate surface area is 125 Å². The lowest BCUT2D eigenvalue weighted by Crippen LogP contribution is -1.87. The molecule has 3 aromatic carbocycles. The quantitative estimate of drug-likeness (QED) is 0.643. The second-order valence-corrected chi connectivity index (χ2v) is 5.19. The lowest BCUT2D eigenvalue weighted by atomic mass is 10.1. The van der Waals surface area contributed by atoms with Crippen molar-refractivity contribution in [2.45, 2.75) is 0 Å². The fraction of sp³-hybridized carbons (Fsp3) is 0. The van der Waals surface area contributed by atoms with Gasteiger partial charge in [0.2, 0.25) is 0 Å². The van der Waals surface area contributed by atoms with Gasteiger partial charge in [-0.1, -0.05) is 36.4 Å². The van der Waals surface area contributed by atoms with Crippen molar-refractivity contribution in [3.05, 3.63) is 70.7 Å². The maximum atomic E-state index is 8.92. The van der Waals surface area contributed by atoms with Crippen LogP contribution in [0.4, 0.5) is 0 Å². The third kappa shape index (κ3) is 2.38. The molecule has 0 bridgehead atoms. The van der Waals surface area contributed by atoms with Crippen LogP contribution in [-0.2, 0) is 0 Å². The van der Waals surface area contributed by atoms with E-state index in [0.29, 0.717) is 11.3 Å². The summed E-state index contributed by atoms with van der Waals surface area (Å²) in [5, 5.41) is 11.1. The Kier molecular flexibility index (Phi) is 3.41. The van der Waals surface area contributed by atoms with Crippen LogP contribution < -0.4 is 4.74 Å². The van der Waals surface area contributed by atoms with Gasteiger partial charge >= 0.3 is 0 Å². The van der Waals surface area contributed by atoms with E-state index in [2.05, 4.69) is 34.1 Å². The minimum atomic E-state index is 0.593. The summed E-state index contributed by atoms with van der Waals surface area (Å²) in [6.07, 6.45) is 0. The van der Waals surface area contributed by atoms with Crippen molar-refractivity contribution in [3.8, 4) is 17.6 Å². The zero-order valence-electron chi connectivity index (χ0n) is 10.5. The van der Waals surface area contributed by atoms with Crippen molar-refractivity contribution in [2.75, 3.05) is 0 Å². The molecule has 0 amide bonds. The van der Waals surface area contributed by atoms with E-state index < -0.39 is 0 Å². The Morgan fingerprint density at radius 3 is 2.55 bits per heavy atom. The minimum absolute atomic E-state index is 0.593. The van der Waals surface area contributed by atoms with E-state index in [0.717, 1.165) is 21.0 Å². The summed E-state index contributed by atoms with van der Waals surface area (Å²) in [6, 6.07) is 21.5. The van der Waals surface area contributed by atoms with Gasteiger partial charge in [-0.25, -0.2) is 0 Å². The highest BCUT2D eigenvalue weighted by Gasteiger charge is 2.05. The molecule has 96 valence electrons. The molecule has 0 N–H and O–H groups in total. The van der Waals surface area contributed by atoms with Crippen LogP contribution >= 0.6 is 15.9 Å². The first kappa shape index (κ1) is 12.7. The number of hydrogen-bond acceptors (Lipinski definition) is 2. The molecule has 0 aliphatic carbocycles. The van der Waals surface area contributed by atoms with Crippen molar-refractivity contribution in [2.24, 2.45) is 0 Å². The normalized spacial score (nSPS) is 10.2. The Bertz CT molecular complexity index is 815. The number of rotatable bonds is 2. The smallest absolute Gasteiger partial charge is 0.135 e. The van der Waals surface area contributed by atoms with Crippen LogP contribution in [0.5, 0.6) is 11.5 Å². The second-order valence-electron chi connectivity index (χ2n) is 4.33. The monoisotopic (exact) mass is 323 g/mol. The third-order valence-electron chi connectivity index (χ3n) is 3.04. The highest BCUT2D eigenvalue weighted by atomic mass is 79.9. The van der Waals surface area contributed by atoms with Gasteiger partial charge in [0.1, 0.15) is 17.6 Å². The first-order valence-electron chi connectivity index (χ1n) is 6.13. The molecule has 0 spiro atoms. The molecular formula is C17H10BrNO. The number of fused-ring (bicyclic) bond motifs is 1. The lowest BCUT2D eigenvalue weighted by molar-refractivity contribution is 0.488. The predicted molar refractivity (Wildman–Crippen MR) is 82.9 cm³/mol. The van der Waals surface area contributed by atoms with Crippen LogP contribution in [0.25, 0.3) is 10.8 Å². The van der Waals surface area contributed by atoms with Crippen LogP contribution in [0.3, 0.4) is 0 Å². The molecule has 3 aromatic rings. The molecule has 3 heteroatoms. The number of nitrogens with zero attached hydrogens (tertiary/aromatic N) is 1. The summed E-state index contributed by atoms with van der Waals surface area (Å²) in [6.45, 7) is 0. The standard InChI is InChI=1S/C17H10BrNO/c18-16-10-14(9-8-13(16)11-19)20-17-7-3-5-12-4-1-2-6-15(12)17/h1-10H. The average Bonchev–Trinajstić information content (AvgIpc) is 2.48. The SMILES string of the molecule is N#Cc1ccc(Oc2cccc3ccccc23)cc1Br. The number of ether oxygens (including phenoxy) is 1. The molecule has 0 aliphatic rings. The highest BCUT2D eigenvalue weighted by Crippen LogP contribution is 2.31. The molecule has 0 aromatic heterocycles. The molecule has 0 atom stereocenters. The minimum Gasteiger partial charge on any atom is -0.457 e. The second kappa shape index (κ2) is 5.36. The first-order valence-corrected chi connectivity index (χ1v) is 6.92. The molecule has 0 saturated carbocycles. The number of nitriles is 1. The van der Waals surface area contributed by atoms with E-state index in [1.54, 1.807) is 18.2 Å². The zero-order valence-corrected chi connectivity index (χ0v) is 12.1. The Balaban J connectivity index is 2.02. The Hall–Kier alpha value is -2.31. The van der Waals surface area contributed by atoms with Gasteiger partial charge in [0.05, 0.1) is 5.56 Å². The lowest BCUT2D eigenvalue weighted by Gasteiger charge is -2.09. The molecule has 0 saturated heterocycles. The van der Waals surface area contributed by atoms with Gasteiger partial charge < -0.3 is 4.74 Å². The number of halogens is 1. The van der Waals surface area contributed by atoms with E-state index in [9.17, 15) is 0 Å². The van der Waals surface area contributed by atoms with E-state index in [1.807, 2.05) is 30.3 Å². The largest absolute Gasteiger partial charge is 0.457 e. The van der Waals surface area contributed by atoms with Crippen LogP contribution in [0.15, 0.2) is 65.1 Å². The van der Waals surface area contributed by atoms with Gasteiger partial charge in [-0.3, -0.25) is 0 Å². The molecule has 0 fully saturated rings. The van der Waals surface area contributed by atoms with Gasteiger partial charge in [0.15, 0.2) is 0 Å². The summed E-state index contributed by atoms with van der Waals surface area (Å²) in [7, 11) is 0. The summed E-state index contributed by atoms with van der Waals surface area (Å²) >= 11 is 3.37. The average molecular weight is 324 g/mol. The Morgan fingerprint density at radius 2 is 1.75 bits per heavy atom. The topological polar surface area (TPSA) is 33.0 Å². The first-order chi connectivity index (χ1) is 9.78. The summed E-state index contributed by atoms with van der Waals surface area (Å²) in [5.74, 6) is 1.51. The number of benzene rings is 3. The van der Waals surface area contributed by atoms with Gasteiger partial charge in [0.25, 0.3) is 0 Å². The molecule has 0 heterocycles. The van der Waals surface area contributed by atoms with Crippen LogP contribution in [0, 0.1) is 11.3 Å². The van der Waals surface area contributed by atoms with E-state index in [-0.39, 0.29) is 0 Å². The third-order valence-corrected chi connectivity index (χ3v) is 3.69. The zero-order chi connectivity index (χ0) is 13.9. The van der Waals surface area contributed by atoms with Gasteiger partial charge in [-0.15, -0.1) is 0 Å². The predicted octanol–water partition coefficient (Wildman–Crippen LogP) is 5.27. The van der Waals surface area contributed by atoms with E-state index in [1.165, 1.54) is 0 Å². The fourth-order valence-electron chi connectivity index (χ4n) is 2.06. The van der Waals surface area contributed by atoms with Crippen molar-refractivity contribution >= 4 is 26.7 Å². The summed E-state index contributed by atoms with van der Waals surface area (Å²) < 4.78 is 6.67. The van der Waals surface area contributed by atoms with Gasteiger partial charge in [-0.2, -0.15) is 5.26 Å². The fourth-order valence-corrected chi connectivity index (χ4v) is 2.51. The van der Waals surface area contributed by atoms with Crippen LogP contribution in [-0.4, -0.2) is 0 Å². The summed E-state index contributed by atoms with van der Waals surface area (Å²) in [4.78, 5) is 0. The maximum absolute atomic E-state index is 8.92. The summed E-state index contributed by atoms with van der Waals surface area (Å²) in [5.41, 5.74) is 0.593. The molecule has 0 aliphatic heterocycles. The molecular weight excluding hydrogens is 314 g/mol. The molecule has 20 heavy (non-hydrogen) atoms. The van der Waals surface area contributed by atoms with Crippen LogP contribution in [0.1, 0.15) is 5.56 Å². The molecule has 0 radical (unpaired) electrons. The maximum Gasteiger partial charge on any atom is 0.135 e. The van der Waals surface area contributed by atoms with Crippen molar-refractivity contribution < 1.29 is 4.74 Å². The molecule has 0 unspecified atom stereocenters. The van der Waals surface area contributed by atoms with E-state index >= 15 is 0 Å². The molecule has 2 nitrogen and oxygen atoms in total. The van der Waals surface area contributed by atoms with Gasteiger partial charge in [0, 0.05) is 9.86 Å². The number of hydrogen-bond donors (Lipinski definition) is 0. The van der Waals surface area contributed by atoms with Crippen molar-refractivity contribution in [1.29, 1.82) is 5.26 Å². The van der Waals surface area contributed by atoms with Crippen molar-refractivity contribution in [1.82, 2.24) is 0 Å². The van der Waals surface area contributed by atoms with E-state index in [4.69, 9.17) is 10.00 Å².